The van der Waals surface area contributed by atoms with E-state index in [0.717, 1.165) is 0 Å². The summed E-state index contributed by atoms with van der Waals surface area (Å²) >= 11 is 0. The van der Waals surface area contributed by atoms with E-state index in [0.29, 0.717) is 6.42 Å². The fraction of sp³-hybridized carbons (Fsp3) is 0.800. The number of aliphatic hydroxyl groups is 2. The van der Waals surface area contributed by atoms with Gasteiger partial charge in [-0.2, -0.15) is 0 Å². The van der Waals surface area contributed by atoms with Crippen LogP contribution in [-0.4, -0.2) is 34.6 Å². The SMILES string of the molecule is C=CCC(O)C(O)COC(C)(C)C. The van der Waals surface area contributed by atoms with Gasteiger partial charge in [-0.1, -0.05) is 6.08 Å². The van der Waals surface area contributed by atoms with Crippen LogP contribution in [0.4, 0.5) is 0 Å². The molecule has 78 valence electrons. The van der Waals surface area contributed by atoms with E-state index in [1.54, 1.807) is 6.08 Å². The highest BCUT2D eigenvalue weighted by atomic mass is 16.5. The van der Waals surface area contributed by atoms with Crippen LogP contribution in [0.1, 0.15) is 27.2 Å². The third-order valence-electron chi connectivity index (χ3n) is 1.54. The Labute approximate surface area is 80.0 Å². The zero-order valence-corrected chi connectivity index (χ0v) is 8.66. The lowest BCUT2D eigenvalue weighted by molar-refractivity contribution is -0.0837. The van der Waals surface area contributed by atoms with Crippen molar-refractivity contribution in [2.45, 2.75) is 45.0 Å². The third-order valence-corrected chi connectivity index (χ3v) is 1.54. The Bertz CT molecular complexity index is 149. The van der Waals surface area contributed by atoms with Gasteiger partial charge in [-0.25, -0.2) is 0 Å². The molecule has 0 aromatic carbocycles. The second-order valence-electron chi connectivity index (χ2n) is 4.08. The first-order chi connectivity index (χ1) is 5.87. The summed E-state index contributed by atoms with van der Waals surface area (Å²) in [7, 11) is 0. The molecule has 13 heavy (non-hydrogen) atoms. The van der Waals surface area contributed by atoms with Gasteiger partial charge in [-0.05, 0) is 27.2 Å². The second kappa shape index (κ2) is 5.37. The van der Waals surface area contributed by atoms with Gasteiger partial charge >= 0.3 is 0 Å². The van der Waals surface area contributed by atoms with Crippen molar-refractivity contribution >= 4 is 0 Å². The van der Waals surface area contributed by atoms with Crippen molar-refractivity contribution in [1.29, 1.82) is 0 Å². The van der Waals surface area contributed by atoms with Crippen LogP contribution in [0, 0.1) is 0 Å². The van der Waals surface area contributed by atoms with Crippen molar-refractivity contribution in [2.24, 2.45) is 0 Å². The summed E-state index contributed by atoms with van der Waals surface area (Å²) in [6.07, 6.45) is 0.344. The Balaban J connectivity index is 3.73. The minimum absolute atomic E-state index is 0.151. The lowest BCUT2D eigenvalue weighted by Crippen LogP contribution is -2.34. The molecule has 0 radical (unpaired) electrons. The average Bonchev–Trinajstić information content (AvgIpc) is 1.99. The molecule has 0 amide bonds. The quantitative estimate of drug-likeness (QED) is 0.635. The number of ether oxygens (including phenoxy) is 1. The molecule has 0 aliphatic rings. The van der Waals surface area contributed by atoms with Crippen LogP contribution in [0.3, 0.4) is 0 Å². The first kappa shape index (κ1) is 12.6. The van der Waals surface area contributed by atoms with Crippen molar-refractivity contribution in [3.05, 3.63) is 12.7 Å². The lowest BCUT2D eigenvalue weighted by atomic mass is 10.1. The molecule has 0 rings (SSSR count). The van der Waals surface area contributed by atoms with Gasteiger partial charge < -0.3 is 14.9 Å². The molecular formula is C10H20O3. The topological polar surface area (TPSA) is 49.7 Å². The first-order valence-electron chi connectivity index (χ1n) is 4.48. The van der Waals surface area contributed by atoms with Crippen LogP contribution in [-0.2, 0) is 4.74 Å². The van der Waals surface area contributed by atoms with Crippen LogP contribution < -0.4 is 0 Å². The highest BCUT2D eigenvalue weighted by molar-refractivity contribution is 4.77. The number of hydrogen-bond acceptors (Lipinski definition) is 3. The Morgan fingerprint density at radius 3 is 2.23 bits per heavy atom. The summed E-state index contributed by atoms with van der Waals surface area (Å²) in [5.41, 5.74) is -0.283. The van der Waals surface area contributed by atoms with Crippen LogP contribution in [0.5, 0.6) is 0 Å². The van der Waals surface area contributed by atoms with Gasteiger partial charge in [0, 0.05) is 0 Å². The minimum Gasteiger partial charge on any atom is -0.390 e. The summed E-state index contributed by atoms with van der Waals surface area (Å²) in [6.45, 7) is 9.34. The van der Waals surface area contributed by atoms with Crippen molar-refractivity contribution in [3.63, 3.8) is 0 Å². The van der Waals surface area contributed by atoms with Crippen LogP contribution in [0.2, 0.25) is 0 Å². The van der Waals surface area contributed by atoms with E-state index < -0.39 is 12.2 Å². The zero-order valence-electron chi connectivity index (χ0n) is 8.66. The molecule has 0 aromatic rings. The van der Waals surface area contributed by atoms with E-state index in [2.05, 4.69) is 6.58 Å². The Kier molecular flexibility index (Phi) is 5.21. The zero-order chi connectivity index (χ0) is 10.5. The van der Waals surface area contributed by atoms with E-state index in [1.165, 1.54) is 0 Å². The molecule has 0 bridgehead atoms. The monoisotopic (exact) mass is 188 g/mol. The normalized spacial score (nSPS) is 16.7. The Morgan fingerprint density at radius 1 is 1.31 bits per heavy atom. The summed E-state index contributed by atoms with van der Waals surface area (Å²) < 4.78 is 5.31. The summed E-state index contributed by atoms with van der Waals surface area (Å²) in [4.78, 5) is 0. The van der Waals surface area contributed by atoms with Crippen LogP contribution >= 0.6 is 0 Å². The van der Waals surface area contributed by atoms with Gasteiger partial charge in [0.05, 0.1) is 18.3 Å². The molecule has 0 heterocycles. The Hall–Kier alpha value is -0.380. The highest BCUT2D eigenvalue weighted by Crippen LogP contribution is 2.09. The maximum atomic E-state index is 9.39. The molecule has 0 aliphatic carbocycles. The van der Waals surface area contributed by atoms with Crippen molar-refractivity contribution < 1.29 is 14.9 Å². The summed E-state index contributed by atoms with van der Waals surface area (Å²) in [5, 5.41) is 18.7. The molecule has 2 unspecified atom stereocenters. The lowest BCUT2D eigenvalue weighted by Gasteiger charge is -2.23. The highest BCUT2D eigenvalue weighted by Gasteiger charge is 2.18. The largest absolute Gasteiger partial charge is 0.390 e. The molecule has 0 saturated heterocycles. The molecular weight excluding hydrogens is 168 g/mol. The molecule has 0 spiro atoms. The van der Waals surface area contributed by atoms with Crippen LogP contribution in [0.15, 0.2) is 12.7 Å². The Morgan fingerprint density at radius 2 is 1.85 bits per heavy atom. The van der Waals surface area contributed by atoms with Gasteiger partial charge in [0.1, 0.15) is 6.10 Å². The number of aliphatic hydroxyl groups excluding tert-OH is 2. The van der Waals surface area contributed by atoms with Gasteiger partial charge in [0.15, 0.2) is 0 Å². The van der Waals surface area contributed by atoms with E-state index >= 15 is 0 Å². The van der Waals surface area contributed by atoms with E-state index in [9.17, 15) is 10.2 Å². The van der Waals surface area contributed by atoms with Gasteiger partial charge in [0.25, 0.3) is 0 Å². The minimum atomic E-state index is -0.836. The van der Waals surface area contributed by atoms with Crippen molar-refractivity contribution in [1.82, 2.24) is 0 Å². The summed E-state index contributed by atoms with van der Waals surface area (Å²) in [5.74, 6) is 0. The number of hydrogen-bond donors (Lipinski definition) is 2. The maximum Gasteiger partial charge on any atom is 0.103 e. The molecule has 0 aromatic heterocycles. The van der Waals surface area contributed by atoms with Crippen molar-refractivity contribution in [2.75, 3.05) is 6.61 Å². The molecule has 2 atom stereocenters. The van der Waals surface area contributed by atoms with E-state index in [-0.39, 0.29) is 12.2 Å². The second-order valence-corrected chi connectivity index (χ2v) is 4.08. The fourth-order valence-corrected chi connectivity index (χ4v) is 0.774. The molecule has 3 nitrogen and oxygen atoms in total. The number of rotatable bonds is 5. The van der Waals surface area contributed by atoms with E-state index in [1.807, 2.05) is 20.8 Å². The third kappa shape index (κ3) is 6.75. The molecule has 0 fully saturated rings. The maximum absolute atomic E-state index is 9.39. The standard InChI is InChI=1S/C10H20O3/c1-5-6-8(11)9(12)7-13-10(2,3)4/h5,8-9,11-12H,1,6-7H2,2-4H3. The summed E-state index contributed by atoms with van der Waals surface area (Å²) in [6, 6.07) is 0. The predicted octanol–water partition coefficient (Wildman–Crippen LogP) is 1.10. The van der Waals surface area contributed by atoms with Gasteiger partial charge in [-0.15, -0.1) is 6.58 Å². The first-order valence-corrected chi connectivity index (χ1v) is 4.48. The molecule has 0 saturated carbocycles. The van der Waals surface area contributed by atoms with E-state index in [4.69, 9.17) is 4.74 Å². The fourth-order valence-electron chi connectivity index (χ4n) is 0.774. The van der Waals surface area contributed by atoms with Crippen molar-refractivity contribution in [3.8, 4) is 0 Å². The predicted molar refractivity (Wildman–Crippen MR) is 52.5 cm³/mol. The van der Waals surface area contributed by atoms with Crippen LogP contribution in [0.25, 0.3) is 0 Å². The average molecular weight is 188 g/mol. The molecule has 2 N–H and O–H groups in total. The van der Waals surface area contributed by atoms with Gasteiger partial charge in [0.2, 0.25) is 0 Å². The van der Waals surface area contributed by atoms with Gasteiger partial charge in [-0.3, -0.25) is 0 Å². The molecule has 0 aliphatic heterocycles. The smallest absolute Gasteiger partial charge is 0.103 e. The molecule has 3 heteroatoms.